The molecule has 1 aromatic carbocycles. The highest BCUT2D eigenvalue weighted by molar-refractivity contribution is 5.55. The van der Waals surface area contributed by atoms with Crippen molar-refractivity contribution in [1.82, 2.24) is 24.6 Å². The number of hydrogen-bond acceptors (Lipinski definition) is 4. The molecule has 0 amide bonds. The van der Waals surface area contributed by atoms with Crippen LogP contribution in [0.25, 0.3) is 11.4 Å². The summed E-state index contributed by atoms with van der Waals surface area (Å²) in [4.78, 5) is 20.1. The van der Waals surface area contributed by atoms with Crippen LogP contribution in [-0.2, 0) is 26.3 Å². The highest BCUT2D eigenvalue weighted by Crippen LogP contribution is 2.30. The van der Waals surface area contributed by atoms with E-state index in [9.17, 15) is 18.0 Å². The third-order valence-electron chi connectivity index (χ3n) is 4.66. The van der Waals surface area contributed by atoms with Gasteiger partial charge in [-0.2, -0.15) is 18.3 Å². The molecule has 0 unspecified atom stereocenters. The summed E-state index contributed by atoms with van der Waals surface area (Å²) >= 11 is 0. The van der Waals surface area contributed by atoms with Gasteiger partial charge in [0.1, 0.15) is 5.82 Å². The maximum Gasteiger partial charge on any atom is 0.433 e. The molecule has 1 N–H and O–H groups in total. The van der Waals surface area contributed by atoms with E-state index in [4.69, 9.17) is 0 Å². The number of halogens is 3. The highest BCUT2D eigenvalue weighted by atomic mass is 19.4. The van der Waals surface area contributed by atoms with E-state index in [-0.39, 0.29) is 5.82 Å². The molecule has 0 radical (unpaired) electrons. The number of nitrogens with one attached hydrogen (secondary N) is 1. The fraction of sp³-hybridized carbons (Fsp3) is 0.350. The molecule has 0 fully saturated rings. The van der Waals surface area contributed by atoms with Crippen molar-refractivity contribution in [2.45, 2.75) is 33.1 Å². The predicted molar refractivity (Wildman–Crippen MR) is 103 cm³/mol. The molecule has 29 heavy (non-hydrogen) atoms. The van der Waals surface area contributed by atoms with E-state index in [2.05, 4.69) is 20.0 Å². The number of alkyl halides is 3. The molecule has 0 bridgehead atoms. The third kappa shape index (κ3) is 4.73. The molecule has 0 atom stereocenters. The van der Waals surface area contributed by atoms with Crippen molar-refractivity contribution in [3.63, 3.8) is 0 Å². The molecule has 3 aromatic rings. The van der Waals surface area contributed by atoms with Crippen LogP contribution >= 0.6 is 0 Å². The summed E-state index contributed by atoms with van der Waals surface area (Å²) in [5.41, 5.74) is 1.12. The smallest absolute Gasteiger partial charge is 0.306 e. The van der Waals surface area contributed by atoms with Gasteiger partial charge in [0, 0.05) is 43.0 Å². The number of nitrogens with zero attached hydrogens (tertiary/aromatic N) is 4. The van der Waals surface area contributed by atoms with E-state index in [1.165, 1.54) is 0 Å². The van der Waals surface area contributed by atoms with Crippen molar-refractivity contribution < 1.29 is 13.2 Å². The molecule has 0 saturated carbocycles. The Morgan fingerprint density at radius 2 is 1.79 bits per heavy atom. The van der Waals surface area contributed by atoms with Gasteiger partial charge in [-0.25, -0.2) is 4.98 Å². The maximum atomic E-state index is 13.1. The Balaban J connectivity index is 1.77. The molecule has 9 heteroatoms. The van der Waals surface area contributed by atoms with Crippen LogP contribution in [-0.4, -0.2) is 31.7 Å². The summed E-state index contributed by atoms with van der Waals surface area (Å²) in [6, 6.07) is 6.95. The van der Waals surface area contributed by atoms with Gasteiger partial charge >= 0.3 is 6.18 Å². The summed E-state index contributed by atoms with van der Waals surface area (Å²) in [5, 5.41) is 4.33. The Morgan fingerprint density at radius 3 is 2.34 bits per heavy atom. The van der Waals surface area contributed by atoms with Crippen LogP contribution in [0.3, 0.4) is 0 Å². The summed E-state index contributed by atoms with van der Waals surface area (Å²) in [6.07, 6.45) is -2.70. The molecule has 0 aliphatic rings. The molecule has 0 aliphatic heterocycles. The van der Waals surface area contributed by atoms with E-state index in [1.54, 1.807) is 16.8 Å². The number of aromatic nitrogens is 4. The monoisotopic (exact) mass is 405 g/mol. The predicted octanol–water partition coefficient (Wildman–Crippen LogP) is 3.44. The van der Waals surface area contributed by atoms with Crippen molar-refractivity contribution in [2.75, 3.05) is 7.05 Å². The van der Waals surface area contributed by atoms with Crippen molar-refractivity contribution in [3.05, 3.63) is 68.9 Å². The van der Waals surface area contributed by atoms with Crippen molar-refractivity contribution in [3.8, 4) is 11.4 Å². The van der Waals surface area contributed by atoms with Gasteiger partial charge in [0.2, 0.25) is 0 Å². The quantitative estimate of drug-likeness (QED) is 0.706. The van der Waals surface area contributed by atoms with Gasteiger partial charge in [0.15, 0.2) is 5.69 Å². The third-order valence-corrected chi connectivity index (χ3v) is 4.66. The Morgan fingerprint density at radius 1 is 1.14 bits per heavy atom. The number of rotatable bonds is 5. The summed E-state index contributed by atoms with van der Waals surface area (Å²) in [5.74, 6) is -0.0983. The SMILES string of the molecule is Cc1nn(C)cc1CN(C)Cc1ccc(-c2nc(C(F)(F)F)c(C)c(=O)[nH]2)cc1. The molecule has 2 aromatic heterocycles. The first-order valence-corrected chi connectivity index (χ1v) is 8.99. The minimum absolute atomic E-state index is 0.0983. The average molecular weight is 405 g/mol. The van der Waals surface area contributed by atoms with Crippen LogP contribution in [0.1, 0.15) is 28.1 Å². The van der Waals surface area contributed by atoms with Gasteiger partial charge in [-0.15, -0.1) is 0 Å². The van der Waals surface area contributed by atoms with Crippen LogP contribution in [0.4, 0.5) is 13.2 Å². The van der Waals surface area contributed by atoms with Crippen molar-refractivity contribution >= 4 is 0 Å². The minimum atomic E-state index is -4.68. The van der Waals surface area contributed by atoms with Crippen LogP contribution in [0.5, 0.6) is 0 Å². The standard InChI is InChI=1S/C20H22F3N5O/c1-12-17(20(21,22)23)24-18(25-19(12)29)15-7-5-14(6-8-15)9-27(3)10-16-11-28(4)26-13(16)2/h5-8,11H,9-10H2,1-4H3,(H,24,25,29). The van der Waals surface area contributed by atoms with Crippen molar-refractivity contribution in [2.24, 2.45) is 7.05 Å². The molecular formula is C20H22F3N5O. The highest BCUT2D eigenvalue weighted by Gasteiger charge is 2.36. The average Bonchev–Trinajstić information content (AvgIpc) is 2.93. The van der Waals surface area contributed by atoms with Crippen LogP contribution in [0, 0.1) is 13.8 Å². The lowest BCUT2D eigenvalue weighted by atomic mass is 10.1. The zero-order valence-electron chi connectivity index (χ0n) is 16.6. The number of H-pyrrole nitrogens is 1. The number of hydrogen-bond donors (Lipinski definition) is 1. The van der Waals surface area contributed by atoms with Crippen LogP contribution < -0.4 is 5.56 Å². The van der Waals surface area contributed by atoms with Gasteiger partial charge in [-0.1, -0.05) is 24.3 Å². The fourth-order valence-electron chi connectivity index (χ4n) is 3.18. The van der Waals surface area contributed by atoms with Gasteiger partial charge in [0.25, 0.3) is 5.56 Å². The lowest BCUT2D eigenvalue weighted by molar-refractivity contribution is -0.141. The largest absolute Gasteiger partial charge is 0.433 e. The molecule has 6 nitrogen and oxygen atoms in total. The molecule has 2 heterocycles. The molecule has 0 saturated heterocycles. The Hall–Kier alpha value is -2.94. The number of aromatic amines is 1. The normalized spacial score (nSPS) is 12.0. The lowest BCUT2D eigenvalue weighted by Gasteiger charge is -2.16. The zero-order valence-corrected chi connectivity index (χ0v) is 16.6. The Labute approximate surface area is 166 Å². The Bertz CT molecular complexity index is 1070. The van der Waals surface area contributed by atoms with Gasteiger partial charge in [-0.3, -0.25) is 14.4 Å². The molecule has 0 spiro atoms. The number of aryl methyl sites for hydroxylation is 2. The maximum absolute atomic E-state index is 13.1. The van der Waals surface area contributed by atoms with Crippen molar-refractivity contribution in [1.29, 1.82) is 0 Å². The summed E-state index contributed by atoms with van der Waals surface area (Å²) in [7, 11) is 3.86. The second kappa shape index (κ2) is 7.82. The molecule has 154 valence electrons. The minimum Gasteiger partial charge on any atom is -0.306 e. The van der Waals surface area contributed by atoms with E-state index < -0.39 is 23.0 Å². The first kappa shape index (κ1) is 20.8. The topological polar surface area (TPSA) is 66.8 Å². The van der Waals surface area contributed by atoms with Gasteiger partial charge in [-0.05, 0) is 26.5 Å². The van der Waals surface area contributed by atoms with E-state index in [1.807, 2.05) is 39.3 Å². The first-order valence-electron chi connectivity index (χ1n) is 8.99. The second-order valence-corrected chi connectivity index (χ2v) is 7.17. The zero-order chi connectivity index (χ0) is 21.3. The van der Waals surface area contributed by atoms with Crippen LogP contribution in [0.15, 0.2) is 35.3 Å². The molecular weight excluding hydrogens is 383 g/mol. The summed E-state index contributed by atoms with van der Waals surface area (Å²) < 4.78 is 41.1. The molecule has 0 aliphatic carbocycles. The number of benzene rings is 1. The van der Waals surface area contributed by atoms with Gasteiger partial charge < -0.3 is 4.98 Å². The Kier molecular flexibility index (Phi) is 5.61. The summed E-state index contributed by atoms with van der Waals surface area (Å²) in [6.45, 7) is 4.45. The van der Waals surface area contributed by atoms with E-state index >= 15 is 0 Å². The van der Waals surface area contributed by atoms with E-state index in [0.717, 1.165) is 30.3 Å². The van der Waals surface area contributed by atoms with E-state index in [0.29, 0.717) is 12.1 Å². The van der Waals surface area contributed by atoms with Gasteiger partial charge in [0.05, 0.1) is 5.69 Å². The lowest BCUT2D eigenvalue weighted by Crippen LogP contribution is -2.21. The first-order chi connectivity index (χ1) is 13.5. The molecule has 3 rings (SSSR count). The van der Waals surface area contributed by atoms with Crippen LogP contribution in [0.2, 0.25) is 0 Å². The second-order valence-electron chi connectivity index (χ2n) is 7.17. The fourth-order valence-corrected chi connectivity index (χ4v) is 3.18.